The summed E-state index contributed by atoms with van der Waals surface area (Å²) in [5.74, 6) is 1.74. The summed E-state index contributed by atoms with van der Waals surface area (Å²) in [4.78, 5) is 2.46. The van der Waals surface area contributed by atoms with Crippen molar-refractivity contribution in [2.75, 3.05) is 33.9 Å². The van der Waals surface area contributed by atoms with Crippen molar-refractivity contribution in [2.45, 2.75) is 25.3 Å². The number of likely N-dealkylation sites (tertiary alicyclic amines) is 1. The van der Waals surface area contributed by atoms with E-state index in [2.05, 4.69) is 4.90 Å². The van der Waals surface area contributed by atoms with Gasteiger partial charge in [-0.05, 0) is 44.1 Å². The van der Waals surface area contributed by atoms with Crippen molar-refractivity contribution >= 4 is 0 Å². The molecule has 1 fully saturated rings. The highest BCUT2D eigenvalue weighted by Crippen LogP contribution is 2.33. The van der Waals surface area contributed by atoms with Gasteiger partial charge in [-0.2, -0.15) is 0 Å². The largest absolute Gasteiger partial charge is 0.497 e. The van der Waals surface area contributed by atoms with Gasteiger partial charge in [0.25, 0.3) is 0 Å². The first-order valence-electron chi connectivity index (χ1n) is 6.96. The van der Waals surface area contributed by atoms with Crippen molar-refractivity contribution in [3.63, 3.8) is 0 Å². The topological polar surface area (TPSA) is 47.7 Å². The second-order valence-corrected chi connectivity index (χ2v) is 4.96. The molecule has 0 radical (unpaired) electrons. The Labute approximate surface area is 115 Å². The summed E-state index contributed by atoms with van der Waals surface area (Å²) in [5, 5.41) is 0. The lowest BCUT2D eigenvalue weighted by atomic mass is 10.0. The van der Waals surface area contributed by atoms with E-state index in [1.54, 1.807) is 14.2 Å². The molecule has 1 aliphatic heterocycles. The molecule has 0 spiro atoms. The van der Waals surface area contributed by atoms with Gasteiger partial charge in [0.1, 0.15) is 11.5 Å². The summed E-state index contributed by atoms with van der Waals surface area (Å²) in [7, 11) is 3.39. The monoisotopic (exact) mass is 264 g/mol. The zero-order chi connectivity index (χ0) is 13.7. The van der Waals surface area contributed by atoms with Gasteiger partial charge in [0, 0.05) is 12.1 Å². The van der Waals surface area contributed by atoms with Crippen LogP contribution in [0.5, 0.6) is 11.5 Å². The summed E-state index contributed by atoms with van der Waals surface area (Å²) in [6.07, 6.45) is 3.83. The number of hydrogen-bond acceptors (Lipinski definition) is 4. The maximum Gasteiger partial charge on any atom is 0.123 e. The fraction of sp³-hybridized carbons (Fsp3) is 0.600. The first-order valence-corrected chi connectivity index (χ1v) is 6.96. The third-order valence-corrected chi connectivity index (χ3v) is 3.85. The minimum Gasteiger partial charge on any atom is -0.497 e. The average molecular weight is 264 g/mol. The van der Waals surface area contributed by atoms with E-state index < -0.39 is 0 Å². The molecule has 0 saturated carbocycles. The van der Waals surface area contributed by atoms with Gasteiger partial charge in [-0.25, -0.2) is 0 Å². The van der Waals surface area contributed by atoms with E-state index in [9.17, 15) is 0 Å². The first-order chi connectivity index (χ1) is 9.30. The molecule has 19 heavy (non-hydrogen) atoms. The lowest BCUT2D eigenvalue weighted by Crippen LogP contribution is -2.37. The fourth-order valence-electron chi connectivity index (χ4n) is 2.80. The summed E-state index contributed by atoms with van der Waals surface area (Å²) in [6, 6.07) is 6.14. The maximum absolute atomic E-state index is 6.01. The van der Waals surface area contributed by atoms with E-state index >= 15 is 0 Å². The Morgan fingerprint density at radius 2 is 1.89 bits per heavy atom. The molecule has 1 atom stereocenters. The minimum atomic E-state index is 0.213. The van der Waals surface area contributed by atoms with Crippen LogP contribution in [0.25, 0.3) is 0 Å². The standard InChI is InChI=1S/C15H24N2O2/c1-18-12-6-7-15(19-2)13(10-12)14(11-16)17-8-4-3-5-9-17/h6-7,10,14H,3-5,8-9,11,16H2,1-2H3. The van der Waals surface area contributed by atoms with E-state index in [1.807, 2.05) is 18.2 Å². The lowest BCUT2D eigenvalue weighted by molar-refractivity contribution is 0.164. The van der Waals surface area contributed by atoms with E-state index in [4.69, 9.17) is 15.2 Å². The molecule has 1 saturated heterocycles. The number of nitrogens with zero attached hydrogens (tertiary/aromatic N) is 1. The van der Waals surface area contributed by atoms with Crippen molar-refractivity contribution in [3.8, 4) is 11.5 Å². The zero-order valence-corrected chi connectivity index (χ0v) is 11.9. The number of methoxy groups -OCH3 is 2. The SMILES string of the molecule is COc1ccc(OC)c(C(CN)N2CCCCC2)c1. The molecule has 2 rings (SSSR count). The molecule has 1 heterocycles. The van der Waals surface area contributed by atoms with Crippen LogP contribution in [-0.2, 0) is 0 Å². The quantitative estimate of drug-likeness (QED) is 0.885. The summed E-state index contributed by atoms with van der Waals surface area (Å²) in [5.41, 5.74) is 7.14. The zero-order valence-electron chi connectivity index (χ0n) is 11.9. The van der Waals surface area contributed by atoms with Gasteiger partial charge in [0.15, 0.2) is 0 Å². The Kier molecular flexibility index (Phi) is 5.05. The summed E-state index contributed by atoms with van der Waals surface area (Å²) < 4.78 is 10.8. The van der Waals surface area contributed by atoms with Crippen LogP contribution in [0.4, 0.5) is 0 Å². The van der Waals surface area contributed by atoms with Crippen molar-refractivity contribution in [1.82, 2.24) is 4.90 Å². The maximum atomic E-state index is 6.01. The van der Waals surface area contributed by atoms with E-state index in [-0.39, 0.29) is 6.04 Å². The average Bonchev–Trinajstić information content (AvgIpc) is 2.49. The van der Waals surface area contributed by atoms with E-state index in [0.29, 0.717) is 6.54 Å². The Morgan fingerprint density at radius 1 is 1.16 bits per heavy atom. The molecule has 4 heteroatoms. The number of rotatable bonds is 5. The van der Waals surface area contributed by atoms with Crippen LogP contribution in [0.1, 0.15) is 30.9 Å². The van der Waals surface area contributed by atoms with Crippen LogP contribution in [0.2, 0.25) is 0 Å². The molecule has 0 aliphatic carbocycles. The van der Waals surface area contributed by atoms with Gasteiger partial charge in [-0.3, -0.25) is 4.90 Å². The Morgan fingerprint density at radius 3 is 2.47 bits per heavy atom. The Bertz CT molecular complexity index is 403. The third kappa shape index (κ3) is 3.19. The smallest absolute Gasteiger partial charge is 0.123 e. The number of piperidine rings is 1. The normalized spacial score (nSPS) is 18.1. The molecular formula is C15H24N2O2. The van der Waals surface area contributed by atoms with Crippen LogP contribution in [0, 0.1) is 0 Å². The van der Waals surface area contributed by atoms with Crippen LogP contribution in [0.3, 0.4) is 0 Å². The van der Waals surface area contributed by atoms with Gasteiger partial charge >= 0.3 is 0 Å². The molecule has 1 aromatic rings. The number of hydrogen-bond donors (Lipinski definition) is 1. The van der Waals surface area contributed by atoms with Crippen molar-refractivity contribution in [3.05, 3.63) is 23.8 Å². The highest BCUT2D eigenvalue weighted by Gasteiger charge is 2.24. The van der Waals surface area contributed by atoms with Crippen LogP contribution in [0.15, 0.2) is 18.2 Å². The number of ether oxygens (including phenoxy) is 2. The highest BCUT2D eigenvalue weighted by atomic mass is 16.5. The molecule has 4 nitrogen and oxygen atoms in total. The second-order valence-electron chi connectivity index (χ2n) is 4.96. The molecule has 1 aromatic carbocycles. The molecule has 1 unspecified atom stereocenters. The van der Waals surface area contributed by atoms with Crippen molar-refractivity contribution < 1.29 is 9.47 Å². The molecule has 0 aromatic heterocycles. The second kappa shape index (κ2) is 6.78. The number of benzene rings is 1. The van der Waals surface area contributed by atoms with Gasteiger partial charge in [-0.1, -0.05) is 6.42 Å². The van der Waals surface area contributed by atoms with Crippen LogP contribution in [-0.4, -0.2) is 38.8 Å². The lowest BCUT2D eigenvalue weighted by Gasteiger charge is -2.34. The van der Waals surface area contributed by atoms with Gasteiger partial charge in [0.2, 0.25) is 0 Å². The summed E-state index contributed by atoms with van der Waals surface area (Å²) >= 11 is 0. The fourth-order valence-corrected chi connectivity index (χ4v) is 2.80. The summed E-state index contributed by atoms with van der Waals surface area (Å²) in [6.45, 7) is 2.83. The molecule has 106 valence electrons. The van der Waals surface area contributed by atoms with Gasteiger partial charge in [0.05, 0.1) is 20.3 Å². The number of nitrogens with two attached hydrogens (primary N) is 1. The predicted molar refractivity (Wildman–Crippen MR) is 76.8 cm³/mol. The minimum absolute atomic E-state index is 0.213. The Balaban J connectivity index is 2.29. The van der Waals surface area contributed by atoms with Crippen LogP contribution < -0.4 is 15.2 Å². The predicted octanol–water partition coefficient (Wildman–Crippen LogP) is 2.19. The molecule has 0 bridgehead atoms. The van der Waals surface area contributed by atoms with Crippen LogP contribution >= 0.6 is 0 Å². The molecular weight excluding hydrogens is 240 g/mol. The third-order valence-electron chi connectivity index (χ3n) is 3.85. The van der Waals surface area contributed by atoms with E-state index in [0.717, 1.165) is 30.2 Å². The van der Waals surface area contributed by atoms with Crippen molar-refractivity contribution in [1.29, 1.82) is 0 Å². The highest BCUT2D eigenvalue weighted by molar-refractivity contribution is 5.42. The Hall–Kier alpha value is -1.26. The first kappa shape index (κ1) is 14.2. The molecule has 0 amide bonds. The van der Waals surface area contributed by atoms with Gasteiger partial charge < -0.3 is 15.2 Å². The van der Waals surface area contributed by atoms with Gasteiger partial charge in [-0.15, -0.1) is 0 Å². The molecule has 1 aliphatic rings. The van der Waals surface area contributed by atoms with Crippen molar-refractivity contribution in [2.24, 2.45) is 5.73 Å². The molecule has 2 N–H and O–H groups in total. The van der Waals surface area contributed by atoms with E-state index in [1.165, 1.54) is 19.3 Å².